The second kappa shape index (κ2) is 4.60. The molecule has 1 aliphatic carbocycles. The molecular weight excluding hydrogens is 179 g/mol. The summed E-state index contributed by atoms with van der Waals surface area (Å²) in [6.45, 7) is 2.41. The Bertz CT molecular complexity index is 248. The third-order valence-corrected chi connectivity index (χ3v) is 2.78. The molecule has 0 spiro atoms. The molecule has 1 atom stereocenters. The summed E-state index contributed by atoms with van der Waals surface area (Å²) in [7, 11) is 0. The molecule has 1 heterocycles. The van der Waals surface area contributed by atoms with Gasteiger partial charge in [-0.15, -0.1) is 0 Å². The summed E-state index contributed by atoms with van der Waals surface area (Å²) < 4.78 is 12.5. The molecule has 1 unspecified atom stereocenters. The van der Waals surface area contributed by atoms with E-state index in [1.54, 1.807) is 0 Å². The fourth-order valence-corrected chi connectivity index (χ4v) is 2.00. The van der Waals surface area contributed by atoms with Gasteiger partial charge in [0, 0.05) is 25.3 Å². The van der Waals surface area contributed by atoms with Crippen LogP contribution in [0.2, 0.25) is 0 Å². The maximum Gasteiger partial charge on any atom is 0.106 e. The normalized spacial score (nSPS) is 27.6. The molecule has 0 aromatic heterocycles. The van der Waals surface area contributed by atoms with E-state index in [1.165, 1.54) is 5.70 Å². The summed E-state index contributed by atoms with van der Waals surface area (Å²) in [5.74, 6) is 0. The SMILES string of the molecule is FCC1CN(C2=CCCC=C2)CCN1. The molecule has 0 amide bonds. The average molecular weight is 196 g/mol. The molecule has 0 saturated carbocycles. The highest BCUT2D eigenvalue weighted by Gasteiger charge is 2.19. The lowest BCUT2D eigenvalue weighted by molar-refractivity contribution is 0.223. The summed E-state index contributed by atoms with van der Waals surface area (Å²) in [5.41, 5.74) is 1.27. The fraction of sp³-hybridized carbons (Fsp3) is 0.636. The van der Waals surface area contributed by atoms with Gasteiger partial charge in [0.1, 0.15) is 6.67 Å². The Labute approximate surface area is 84.5 Å². The van der Waals surface area contributed by atoms with Crippen molar-refractivity contribution in [1.82, 2.24) is 10.2 Å². The van der Waals surface area contributed by atoms with Crippen LogP contribution in [-0.4, -0.2) is 37.3 Å². The summed E-state index contributed by atoms with van der Waals surface area (Å²) in [6.07, 6.45) is 8.87. The third-order valence-electron chi connectivity index (χ3n) is 2.78. The molecule has 0 radical (unpaired) electrons. The van der Waals surface area contributed by atoms with E-state index >= 15 is 0 Å². The molecule has 0 aromatic rings. The zero-order valence-electron chi connectivity index (χ0n) is 8.38. The number of nitrogens with one attached hydrogen (secondary N) is 1. The van der Waals surface area contributed by atoms with E-state index in [0.717, 1.165) is 32.5 Å². The molecule has 2 nitrogen and oxygen atoms in total. The number of hydrogen-bond acceptors (Lipinski definition) is 2. The van der Waals surface area contributed by atoms with Crippen molar-refractivity contribution in [2.45, 2.75) is 18.9 Å². The first kappa shape index (κ1) is 9.71. The van der Waals surface area contributed by atoms with Gasteiger partial charge in [-0.3, -0.25) is 0 Å². The number of nitrogens with zero attached hydrogens (tertiary/aromatic N) is 1. The summed E-state index contributed by atoms with van der Waals surface area (Å²) in [6, 6.07) is 0.0139. The Balaban J connectivity index is 1.96. The summed E-state index contributed by atoms with van der Waals surface area (Å²) >= 11 is 0. The van der Waals surface area contributed by atoms with Gasteiger partial charge in [-0.05, 0) is 18.9 Å². The van der Waals surface area contributed by atoms with Crippen LogP contribution in [0.4, 0.5) is 4.39 Å². The van der Waals surface area contributed by atoms with Crippen LogP contribution in [0.3, 0.4) is 0 Å². The van der Waals surface area contributed by atoms with Crippen molar-refractivity contribution in [3.05, 3.63) is 23.9 Å². The first-order valence-corrected chi connectivity index (χ1v) is 5.31. The van der Waals surface area contributed by atoms with Crippen molar-refractivity contribution < 1.29 is 4.39 Å². The predicted octanol–water partition coefficient (Wildman–Crippen LogP) is 1.46. The number of alkyl halides is 1. The topological polar surface area (TPSA) is 15.3 Å². The van der Waals surface area contributed by atoms with Gasteiger partial charge >= 0.3 is 0 Å². The molecule has 2 aliphatic rings. The smallest absolute Gasteiger partial charge is 0.106 e. The maximum absolute atomic E-state index is 12.5. The minimum Gasteiger partial charge on any atom is -0.369 e. The highest BCUT2D eigenvalue weighted by molar-refractivity contribution is 5.21. The first-order valence-electron chi connectivity index (χ1n) is 5.31. The largest absolute Gasteiger partial charge is 0.369 e. The Kier molecular flexibility index (Phi) is 3.19. The van der Waals surface area contributed by atoms with Crippen LogP contribution < -0.4 is 5.32 Å². The second-order valence-electron chi connectivity index (χ2n) is 3.86. The van der Waals surface area contributed by atoms with Crippen molar-refractivity contribution in [2.24, 2.45) is 0 Å². The Morgan fingerprint density at radius 2 is 2.43 bits per heavy atom. The van der Waals surface area contributed by atoms with E-state index in [0.29, 0.717) is 0 Å². The highest BCUT2D eigenvalue weighted by atomic mass is 19.1. The molecule has 1 N–H and O–H groups in total. The lowest BCUT2D eigenvalue weighted by Gasteiger charge is -2.35. The van der Waals surface area contributed by atoms with Gasteiger partial charge < -0.3 is 10.2 Å². The standard InChI is InChI=1S/C11H17FN2/c12-8-10-9-14(7-6-13-10)11-4-2-1-3-5-11/h2,4-5,10,13H,1,3,6-9H2. The number of piperazine rings is 1. The Morgan fingerprint density at radius 3 is 3.14 bits per heavy atom. The van der Waals surface area contributed by atoms with E-state index in [2.05, 4.69) is 28.4 Å². The van der Waals surface area contributed by atoms with Crippen molar-refractivity contribution >= 4 is 0 Å². The molecule has 1 saturated heterocycles. The number of rotatable bonds is 2. The van der Waals surface area contributed by atoms with Gasteiger partial charge in [-0.25, -0.2) is 4.39 Å². The van der Waals surface area contributed by atoms with Crippen molar-refractivity contribution in [2.75, 3.05) is 26.3 Å². The molecule has 0 bridgehead atoms. The van der Waals surface area contributed by atoms with Gasteiger partial charge in [0.15, 0.2) is 0 Å². The molecule has 1 aliphatic heterocycles. The third kappa shape index (κ3) is 2.15. The zero-order chi connectivity index (χ0) is 9.80. The Morgan fingerprint density at radius 1 is 1.50 bits per heavy atom. The first-order chi connectivity index (χ1) is 6.90. The van der Waals surface area contributed by atoms with Crippen LogP contribution >= 0.6 is 0 Å². The quantitative estimate of drug-likeness (QED) is 0.719. The molecule has 2 rings (SSSR count). The minimum atomic E-state index is -0.270. The van der Waals surface area contributed by atoms with Crippen LogP contribution in [0.25, 0.3) is 0 Å². The predicted molar refractivity (Wildman–Crippen MR) is 55.8 cm³/mol. The maximum atomic E-state index is 12.5. The zero-order valence-corrected chi connectivity index (χ0v) is 8.38. The summed E-state index contributed by atoms with van der Waals surface area (Å²) in [4.78, 5) is 2.27. The van der Waals surface area contributed by atoms with Crippen LogP contribution in [0.15, 0.2) is 23.9 Å². The monoisotopic (exact) mass is 196 g/mol. The fourth-order valence-electron chi connectivity index (χ4n) is 2.00. The molecular formula is C11H17FN2. The van der Waals surface area contributed by atoms with Gasteiger partial charge in [-0.2, -0.15) is 0 Å². The van der Waals surface area contributed by atoms with E-state index in [9.17, 15) is 4.39 Å². The van der Waals surface area contributed by atoms with Crippen LogP contribution in [-0.2, 0) is 0 Å². The van der Waals surface area contributed by atoms with Crippen molar-refractivity contribution in [3.8, 4) is 0 Å². The number of halogens is 1. The molecule has 3 heteroatoms. The molecule has 14 heavy (non-hydrogen) atoms. The van der Waals surface area contributed by atoms with Crippen LogP contribution in [0, 0.1) is 0 Å². The van der Waals surface area contributed by atoms with E-state index < -0.39 is 0 Å². The van der Waals surface area contributed by atoms with Gasteiger partial charge in [0.2, 0.25) is 0 Å². The van der Waals surface area contributed by atoms with E-state index in [1.807, 2.05) is 0 Å². The number of allylic oxidation sites excluding steroid dienone is 3. The average Bonchev–Trinajstić information content (AvgIpc) is 2.30. The molecule has 78 valence electrons. The number of hydrogen-bond donors (Lipinski definition) is 1. The molecule has 1 fully saturated rings. The lowest BCUT2D eigenvalue weighted by Crippen LogP contribution is -2.51. The van der Waals surface area contributed by atoms with Gasteiger partial charge in [0.25, 0.3) is 0 Å². The Hall–Kier alpha value is -0.830. The lowest BCUT2D eigenvalue weighted by atomic mass is 10.1. The minimum absolute atomic E-state index is 0.0139. The van der Waals surface area contributed by atoms with E-state index in [4.69, 9.17) is 0 Å². The van der Waals surface area contributed by atoms with Crippen molar-refractivity contribution in [1.29, 1.82) is 0 Å². The second-order valence-corrected chi connectivity index (χ2v) is 3.86. The summed E-state index contributed by atoms with van der Waals surface area (Å²) in [5, 5.41) is 3.17. The molecule has 0 aromatic carbocycles. The highest BCUT2D eigenvalue weighted by Crippen LogP contribution is 2.16. The van der Waals surface area contributed by atoms with Gasteiger partial charge in [0.05, 0.1) is 6.04 Å². The van der Waals surface area contributed by atoms with Crippen LogP contribution in [0.1, 0.15) is 12.8 Å². The van der Waals surface area contributed by atoms with Crippen molar-refractivity contribution in [3.63, 3.8) is 0 Å². The van der Waals surface area contributed by atoms with E-state index in [-0.39, 0.29) is 12.7 Å². The van der Waals surface area contributed by atoms with Crippen LogP contribution in [0.5, 0.6) is 0 Å². The van der Waals surface area contributed by atoms with Gasteiger partial charge in [-0.1, -0.05) is 12.2 Å².